The fourth-order valence-corrected chi connectivity index (χ4v) is 4.84. The second kappa shape index (κ2) is 8.48. The molecule has 2 amide bonds. The van der Waals surface area contributed by atoms with Crippen LogP contribution in [0.3, 0.4) is 0 Å². The fraction of sp³-hybridized carbons (Fsp3) is 0.391. The van der Waals surface area contributed by atoms with Crippen LogP contribution in [0.15, 0.2) is 53.0 Å². The van der Waals surface area contributed by atoms with Crippen molar-refractivity contribution in [3.8, 4) is 0 Å². The van der Waals surface area contributed by atoms with E-state index in [1.54, 1.807) is 4.90 Å². The van der Waals surface area contributed by atoms with Crippen molar-refractivity contribution in [2.45, 2.75) is 44.6 Å². The monoisotopic (exact) mass is 440 g/mol. The minimum Gasteiger partial charge on any atom is -0.324 e. The molecular formula is C23H25BrN2O2. The van der Waals surface area contributed by atoms with Gasteiger partial charge in [-0.05, 0) is 42.5 Å². The average molecular weight is 441 g/mol. The molecule has 2 aromatic rings. The lowest BCUT2D eigenvalue weighted by Crippen LogP contribution is -2.39. The van der Waals surface area contributed by atoms with E-state index in [1.807, 2.05) is 48.5 Å². The SMILES string of the molecule is O=C1CN(C(=O)CC2CCCCC2)[C@@H](c2ccccc2)c2cc(Br)ccc2N1. The summed E-state index contributed by atoms with van der Waals surface area (Å²) in [6.45, 7) is 0.0808. The number of fused-ring (bicyclic) bond motifs is 1. The van der Waals surface area contributed by atoms with E-state index in [4.69, 9.17) is 0 Å². The van der Waals surface area contributed by atoms with Gasteiger partial charge in [0.25, 0.3) is 0 Å². The average Bonchev–Trinajstić information content (AvgIpc) is 2.85. The quantitative estimate of drug-likeness (QED) is 0.704. The van der Waals surface area contributed by atoms with Crippen LogP contribution in [0.1, 0.15) is 55.7 Å². The van der Waals surface area contributed by atoms with Crippen molar-refractivity contribution in [1.29, 1.82) is 0 Å². The van der Waals surface area contributed by atoms with Gasteiger partial charge in [0.15, 0.2) is 0 Å². The highest BCUT2D eigenvalue weighted by Crippen LogP contribution is 2.38. The molecule has 0 spiro atoms. The van der Waals surface area contributed by atoms with Crippen molar-refractivity contribution >= 4 is 33.4 Å². The van der Waals surface area contributed by atoms with Crippen LogP contribution >= 0.6 is 15.9 Å². The van der Waals surface area contributed by atoms with E-state index < -0.39 is 0 Å². The maximum Gasteiger partial charge on any atom is 0.244 e. The maximum atomic E-state index is 13.4. The summed E-state index contributed by atoms with van der Waals surface area (Å²) in [4.78, 5) is 27.8. The minimum absolute atomic E-state index is 0.0729. The van der Waals surface area contributed by atoms with Gasteiger partial charge in [-0.1, -0.05) is 65.5 Å². The molecule has 2 aliphatic rings. The molecule has 1 atom stereocenters. The third-order valence-corrected chi connectivity index (χ3v) is 6.32. The van der Waals surface area contributed by atoms with E-state index in [1.165, 1.54) is 19.3 Å². The van der Waals surface area contributed by atoms with Gasteiger partial charge >= 0.3 is 0 Å². The van der Waals surface area contributed by atoms with Gasteiger partial charge in [-0.2, -0.15) is 0 Å². The number of nitrogens with one attached hydrogen (secondary N) is 1. The zero-order chi connectivity index (χ0) is 19.5. The van der Waals surface area contributed by atoms with E-state index in [9.17, 15) is 9.59 Å². The van der Waals surface area contributed by atoms with E-state index in [2.05, 4.69) is 21.2 Å². The molecule has 1 aliphatic carbocycles. The number of hydrogen-bond donors (Lipinski definition) is 1. The topological polar surface area (TPSA) is 49.4 Å². The Bertz CT molecular complexity index is 862. The highest BCUT2D eigenvalue weighted by molar-refractivity contribution is 9.10. The summed E-state index contributed by atoms with van der Waals surface area (Å²) in [5.41, 5.74) is 2.74. The van der Waals surface area contributed by atoms with E-state index in [-0.39, 0.29) is 24.4 Å². The second-order valence-electron chi connectivity index (χ2n) is 7.82. The van der Waals surface area contributed by atoms with E-state index >= 15 is 0 Å². The first-order valence-electron chi connectivity index (χ1n) is 10.1. The zero-order valence-corrected chi connectivity index (χ0v) is 17.5. The first kappa shape index (κ1) is 19.2. The molecule has 1 aliphatic heterocycles. The Morgan fingerprint density at radius 3 is 2.57 bits per heavy atom. The molecule has 2 aromatic carbocycles. The van der Waals surface area contributed by atoms with Crippen molar-refractivity contribution in [1.82, 2.24) is 4.90 Å². The smallest absolute Gasteiger partial charge is 0.244 e. The number of nitrogens with zero attached hydrogens (tertiary/aromatic N) is 1. The Hall–Kier alpha value is -2.14. The van der Waals surface area contributed by atoms with Crippen LogP contribution in [-0.2, 0) is 9.59 Å². The molecule has 1 fully saturated rings. The third-order valence-electron chi connectivity index (χ3n) is 5.83. The largest absolute Gasteiger partial charge is 0.324 e. The van der Waals surface area contributed by atoms with Crippen LogP contribution < -0.4 is 5.32 Å². The van der Waals surface area contributed by atoms with Crippen molar-refractivity contribution in [3.05, 3.63) is 64.1 Å². The molecular weight excluding hydrogens is 416 g/mol. The second-order valence-corrected chi connectivity index (χ2v) is 8.74. The lowest BCUT2D eigenvalue weighted by Gasteiger charge is -2.32. The summed E-state index contributed by atoms with van der Waals surface area (Å²) >= 11 is 3.55. The molecule has 0 unspecified atom stereocenters. The van der Waals surface area contributed by atoms with E-state index in [0.29, 0.717) is 12.3 Å². The predicted octanol–water partition coefficient (Wildman–Crippen LogP) is 5.29. The molecule has 1 saturated carbocycles. The maximum absolute atomic E-state index is 13.4. The molecule has 1 heterocycles. The minimum atomic E-state index is -0.274. The Morgan fingerprint density at radius 2 is 1.82 bits per heavy atom. The molecule has 146 valence electrons. The highest BCUT2D eigenvalue weighted by atomic mass is 79.9. The van der Waals surface area contributed by atoms with Crippen LogP contribution in [0.2, 0.25) is 0 Å². The number of rotatable bonds is 3. The molecule has 0 radical (unpaired) electrons. The Labute approximate surface area is 174 Å². The van der Waals surface area contributed by atoms with Crippen molar-refractivity contribution < 1.29 is 9.59 Å². The summed E-state index contributed by atoms with van der Waals surface area (Å²) in [6.07, 6.45) is 6.44. The summed E-state index contributed by atoms with van der Waals surface area (Å²) in [5.74, 6) is 0.369. The Morgan fingerprint density at radius 1 is 1.07 bits per heavy atom. The standard InChI is InChI=1S/C23H25BrN2O2/c24-18-11-12-20-19(14-18)23(17-9-5-2-6-10-17)26(15-21(27)25-20)22(28)13-16-7-3-1-4-8-16/h2,5-6,9-12,14,16,23H,1,3-4,7-8,13,15H2,(H,25,27)/t23-/m0/s1. The molecule has 4 nitrogen and oxygen atoms in total. The number of hydrogen-bond acceptors (Lipinski definition) is 2. The van der Waals surface area contributed by atoms with Crippen LogP contribution in [0.5, 0.6) is 0 Å². The molecule has 0 aromatic heterocycles. The molecule has 0 saturated heterocycles. The van der Waals surface area contributed by atoms with Gasteiger partial charge in [0, 0.05) is 22.1 Å². The summed E-state index contributed by atoms with van der Waals surface area (Å²) in [6, 6.07) is 15.6. The van der Waals surface area contributed by atoms with E-state index in [0.717, 1.165) is 34.1 Å². The Kier molecular flexibility index (Phi) is 5.81. The van der Waals surface area contributed by atoms with Gasteiger partial charge in [-0.3, -0.25) is 9.59 Å². The van der Waals surface area contributed by atoms with Gasteiger partial charge in [0.1, 0.15) is 6.54 Å². The van der Waals surface area contributed by atoms with Gasteiger partial charge in [-0.15, -0.1) is 0 Å². The van der Waals surface area contributed by atoms with Crippen molar-refractivity contribution in [2.24, 2.45) is 5.92 Å². The summed E-state index contributed by atoms with van der Waals surface area (Å²) in [7, 11) is 0. The first-order valence-corrected chi connectivity index (χ1v) is 10.8. The van der Waals surface area contributed by atoms with Gasteiger partial charge < -0.3 is 10.2 Å². The number of carbonyl (C=O) groups excluding carboxylic acids is 2. The number of benzene rings is 2. The molecule has 4 rings (SSSR count). The predicted molar refractivity (Wildman–Crippen MR) is 114 cm³/mol. The van der Waals surface area contributed by atoms with Crippen LogP contribution in [-0.4, -0.2) is 23.3 Å². The molecule has 28 heavy (non-hydrogen) atoms. The number of amides is 2. The lowest BCUT2D eigenvalue weighted by atomic mass is 9.86. The van der Waals surface area contributed by atoms with Crippen LogP contribution in [0.4, 0.5) is 5.69 Å². The summed E-state index contributed by atoms with van der Waals surface area (Å²) in [5, 5.41) is 2.98. The number of halogens is 1. The van der Waals surface area contributed by atoms with Crippen LogP contribution in [0.25, 0.3) is 0 Å². The third kappa shape index (κ3) is 4.14. The van der Waals surface area contributed by atoms with Crippen LogP contribution in [0, 0.1) is 5.92 Å². The van der Waals surface area contributed by atoms with Crippen molar-refractivity contribution in [2.75, 3.05) is 11.9 Å². The first-order chi connectivity index (χ1) is 13.6. The lowest BCUT2D eigenvalue weighted by molar-refractivity contribution is -0.137. The number of anilines is 1. The molecule has 0 bridgehead atoms. The molecule has 5 heteroatoms. The highest BCUT2D eigenvalue weighted by Gasteiger charge is 2.34. The number of carbonyl (C=O) groups is 2. The normalized spacial score (nSPS) is 20.2. The van der Waals surface area contributed by atoms with Gasteiger partial charge in [0.2, 0.25) is 11.8 Å². The van der Waals surface area contributed by atoms with Gasteiger partial charge in [0.05, 0.1) is 6.04 Å². The Balaban J connectivity index is 1.73. The zero-order valence-electron chi connectivity index (χ0n) is 15.9. The van der Waals surface area contributed by atoms with Crippen molar-refractivity contribution in [3.63, 3.8) is 0 Å². The molecule has 1 N–H and O–H groups in total. The fourth-order valence-electron chi connectivity index (χ4n) is 4.46. The van der Waals surface area contributed by atoms with Gasteiger partial charge in [-0.25, -0.2) is 0 Å². The summed E-state index contributed by atoms with van der Waals surface area (Å²) < 4.78 is 0.933.